The molecule has 0 saturated heterocycles. The number of ether oxygens (including phenoxy) is 2. The highest BCUT2D eigenvalue weighted by atomic mass is 32.2. The Balaban J connectivity index is 1.96. The SMILES string of the molecule is CCCCCCCCCC1(C)CCc2c(C)c(OCCCCS(=O)(=O)O)c(C)c(C)c2O1. The average molecular weight is 469 g/mol. The van der Waals surface area contributed by atoms with Gasteiger partial charge in [-0.1, -0.05) is 45.4 Å². The van der Waals surface area contributed by atoms with E-state index in [4.69, 9.17) is 14.0 Å². The summed E-state index contributed by atoms with van der Waals surface area (Å²) < 4.78 is 43.3. The van der Waals surface area contributed by atoms with Gasteiger partial charge in [-0.2, -0.15) is 8.42 Å². The third kappa shape index (κ3) is 7.95. The maximum atomic E-state index is 10.9. The standard InChI is InChI=1S/C26H44O5S/c1-6-7-8-9-10-11-12-16-26(5)17-15-23-22(4)24(20(2)21(3)25(23)31-26)30-18-13-14-19-32(27,28)29/h6-19H2,1-5H3,(H,27,28,29). The third-order valence-corrected chi connectivity index (χ3v) is 7.72. The van der Waals surface area contributed by atoms with Gasteiger partial charge in [0.1, 0.15) is 17.1 Å². The molecule has 5 nitrogen and oxygen atoms in total. The summed E-state index contributed by atoms with van der Waals surface area (Å²) in [6.07, 6.45) is 13.3. The van der Waals surface area contributed by atoms with Crippen LogP contribution in [0.25, 0.3) is 0 Å². The van der Waals surface area contributed by atoms with Crippen LogP contribution in [0.4, 0.5) is 0 Å². The molecule has 1 aromatic carbocycles. The number of rotatable bonds is 14. The van der Waals surface area contributed by atoms with Crippen LogP contribution in [0.2, 0.25) is 0 Å². The smallest absolute Gasteiger partial charge is 0.264 e. The van der Waals surface area contributed by atoms with Gasteiger partial charge in [0, 0.05) is 5.56 Å². The lowest BCUT2D eigenvalue weighted by molar-refractivity contribution is 0.0521. The zero-order valence-electron chi connectivity index (χ0n) is 20.9. The second-order valence-electron chi connectivity index (χ2n) is 9.78. The summed E-state index contributed by atoms with van der Waals surface area (Å²) in [6, 6.07) is 0. The molecular weight excluding hydrogens is 424 g/mol. The Morgan fingerprint density at radius 1 is 0.938 bits per heavy atom. The Kier molecular flexibility index (Phi) is 10.3. The molecule has 184 valence electrons. The molecule has 1 N–H and O–H groups in total. The summed E-state index contributed by atoms with van der Waals surface area (Å²) in [5, 5.41) is 0. The Morgan fingerprint density at radius 2 is 1.59 bits per heavy atom. The molecule has 1 heterocycles. The third-order valence-electron chi connectivity index (χ3n) is 6.92. The Hall–Kier alpha value is -1.27. The molecule has 1 aliphatic rings. The molecule has 6 heteroatoms. The van der Waals surface area contributed by atoms with Crippen LogP contribution in [0.5, 0.6) is 11.5 Å². The Labute approximate surface area is 196 Å². The van der Waals surface area contributed by atoms with Crippen LogP contribution >= 0.6 is 0 Å². The minimum atomic E-state index is -3.90. The second-order valence-corrected chi connectivity index (χ2v) is 11.3. The van der Waals surface area contributed by atoms with Crippen molar-refractivity contribution < 1.29 is 22.4 Å². The van der Waals surface area contributed by atoms with Crippen molar-refractivity contribution in [3.05, 3.63) is 22.3 Å². The van der Waals surface area contributed by atoms with E-state index in [1.165, 1.54) is 50.5 Å². The number of unbranched alkanes of at least 4 members (excludes halogenated alkanes) is 7. The number of fused-ring (bicyclic) bond motifs is 1. The molecule has 0 amide bonds. The molecule has 0 saturated carbocycles. The summed E-state index contributed by atoms with van der Waals surface area (Å²) >= 11 is 0. The summed E-state index contributed by atoms with van der Waals surface area (Å²) in [7, 11) is -3.90. The molecule has 0 spiro atoms. The van der Waals surface area contributed by atoms with E-state index < -0.39 is 10.1 Å². The van der Waals surface area contributed by atoms with E-state index in [1.54, 1.807) is 0 Å². The van der Waals surface area contributed by atoms with Gasteiger partial charge in [0.05, 0.1) is 12.4 Å². The lowest BCUT2D eigenvalue weighted by Gasteiger charge is -2.38. The quantitative estimate of drug-likeness (QED) is 0.238. The van der Waals surface area contributed by atoms with Gasteiger partial charge in [-0.15, -0.1) is 0 Å². The number of hydrogen-bond donors (Lipinski definition) is 1. The predicted octanol–water partition coefficient (Wildman–Crippen LogP) is 6.88. The van der Waals surface area contributed by atoms with E-state index in [2.05, 4.69) is 34.6 Å². The Morgan fingerprint density at radius 3 is 2.25 bits per heavy atom. The van der Waals surface area contributed by atoms with E-state index >= 15 is 0 Å². The van der Waals surface area contributed by atoms with Gasteiger partial charge in [0.25, 0.3) is 10.1 Å². The summed E-state index contributed by atoms with van der Waals surface area (Å²) in [5.41, 5.74) is 4.52. The fourth-order valence-corrected chi connectivity index (χ4v) is 5.26. The highest BCUT2D eigenvalue weighted by Crippen LogP contribution is 2.45. The first-order chi connectivity index (χ1) is 15.1. The van der Waals surface area contributed by atoms with Gasteiger partial charge in [-0.3, -0.25) is 4.55 Å². The van der Waals surface area contributed by atoms with E-state index in [0.29, 0.717) is 19.4 Å². The van der Waals surface area contributed by atoms with Crippen molar-refractivity contribution in [2.75, 3.05) is 12.4 Å². The van der Waals surface area contributed by atoms with Gasteiger partial charge in [-0.25, -0.2) is 0 Å². The van der Waals surface area contributed by atoms with Gasteiger partial charge in [0.2, 0.25) is 0 Å². The minimum absolute atomic E-state index is 0.0990. The largest absolute Gasteiger partial charge is 0.493 e. The molecule has 0 fully saturated rings. The van der Waals surface area contributed by atoms with Crippen LogP contribution in [-0.4, -0.2) is 30.9 Å². The first kappa shape index (κ1) is 27.0. The van der Waals surface area contributed by atoms with Crippen LogP contribution in [0.1, 0.15) is 107 Å². The summed E-state index contributed by atoms with van der Waals surface area (Å²) in [4.78, 5) is 0. The van der Waals surface area contributed by atoms with Crippen molar-refractivity contribution in [2.45, 2.75) is 117 Å². The maximum absolute atomic E-state index is 10.9. The molecule has 0 radical (unpaired) electrons. The van der Waals surface area contributed by atoms with Crippen molar-refractivity contribution >= 4 is 10.1 Å². The molecule has 1 aromatic rings. The number of benzene rings is 1. The number of hydrogen-bond acceptors (Lipinski definition) is 4. The highest BCUT2D eigenvalue weighted by molar-refractivity contribution is 7.85. The van der Waals surface area contributed by atoms with Crippen LogP contribution in [0, 0.1) is 20.8 Å². The summed E-state index contributed by atoms with van der Waals surface area (Å²) in [5.74, 6) is 1.71. The molecule has 0 bridgehead atoms. The van der Waals surface area contributed by atoms with Gasteiger partial charge < -0.3 is 9.47 Å². The molecule has 1 unspecified atom stereocenters. The van der Waals surface area contributed by atoms with Crippen molar-refractivity contribution in [3.8, 4) is 11.5 Å². The Bertz CT molecular complexity index is 847. The van der Waals surface area contributed by atoms with Crippen molar-refractivity contribution in [2.24, 2.45) is 0 Å². The molecule has 32 heavy (non-hydrogen) atoms. The lowest BCUT2D eigenvalue weighted by atomic mass is 9.84. The molecule has 2 rings (SSSR count). The zero-order chi connectivity index (χ0) is 23.8. The highest BCUT2D eigenvalue weighted by Gasteiger charge is 2.34. The van der Waals surface area contributed by atoms with Crippen molar-refractivity contribution in [3.63, 3.8) is 0 Å². The van der Waals surface area contributed by atoms with Gasteiger partial charge in [0.15, 0.2) is 0 Å². The first-order valence-corrected chi connectivity index (χ1v) is 14.1. The summed E-state index contributed by atoms with van der Waals surface area (Å²) in [6.45, 7) is 11.2. The van der Waals surface area contributed by atoms with Crippen LogP contribution in [0.3, 0.4) is 0 Å². The molecular formula is C26H44O5S. The monoisotopic (exact) mass is 468 g/mol. The molecule has 1 atom stereocenters. The van der Waals surface area contributed by atoms with Crippen LogP contribution in [-0.2, 0) is 16.5 Å². The van der Waals surface area contributed by atoms with Gasteiger partial charge >= 0.3 is 0 Å². The fraction of sp³-hybridized carbons (Fsp3) is 0.769. The normalized spacial score (nSPS) is 18.3. The fourth-order valence-electron chi connectivity index (χ4n) is 4.69. The van der Waals surface area contributed by atoms with Crippen molar-refractivity contribution in [1.29, 1.82) is 0 Å². The lowest BCUT2D eigenvalue weighted by Crippen LogP contribution is -2.37. The van der Waals surface area contributed by atoms with Crippen molar-refractivity contribution in [1.82, 2.24) is 0 Å². The average Bonchev–Trinajstić information content (AvgIpc) is 2.72. The topological polar surface area (TPSA) is 72.8 Å². The minimum Gasteiger partial charge on any atom is -0.493 e. The van der Waals surface area contributed by atoms with Crippen LogP contribution < -0.4 is 9.47 Å². The van der Waals surface area contributed by atoms with E-state index in [0.717, 1.165) is 47.5 Å². The molecule has 1 aliphatic heterocycles. The van der Waals surface area contributed by atoms with Crippen LogP contribution in [0.15, 0.2) is 0 Å². The first-order valence-electron chi connectivity index (χ1n) is 12.5. The van der Waals surface area contributed by atoms with Gasteiger partial charge in [-0.05, 0) is 82.9 Å². The second kappa shape index (κ2) is 12.3. The molecule has 0 aromatic heterocycles. The van der Waals surface area contributed by atoms with E-state index in [-0.39, 0.29) is 11.4 Å². The maximum Gasteiger partial charge on any atom is 0.264 e. The molecule has 0 aliphatic carbocycles. The van der Waals surface area contributed by atoms with E-state index in [1.807, 2.05) is 0 Å². The van der Waals surface area contributed by atoms with E-state index in [9.17, 15) is 8.42 Å². The predicted molar refractivity (Wildman–Crippen MR) is 132 cm³/mol. The zero-order valence-corrected chi connectivity index (χ0v) is 21.7.